The molecule has 1 nitrogen and oxygen atoms in total. The Morgan fingerprint density at radius 2 is 0.327 bits per heavy atom. The molecule has 0 amide bonds. The fourth-order valence-electron chi connectivity index (χ4n) is 2.93. The molecule has 0 N–H and O–H groups in total. The molecule has 49 heavy (non-hydrogen) atoms. The Labute approximate surface area is 325 Å². The molecule has 156 valence electrons. The number of rotatable bonds is 23. The molecule has 0 aromatic carbocycles. The molecule has 0 bridgehead atoms. The van der Waals surface area contributed by atoms with E-state index >= 15 is 0 Å². The van der Waals surface area contributed by atoms with Crippen molar-refractivity contribution in [1.82, 2.24) is 0 Å². The topological polar surface area (TPSA) is 9.23 Å². The fourth-order valence-corrected chi connectivity index (χ4v) is 2.93. The van der Waals surface area contributed by atoms with Gasteiger partial charge in [-0.05, 0) is 0 Å². The molecule has 0 fully saturated rings. The molecule has 0 aliphatic heterocycles. The first-order valence-corrected chi connectivity index (χ1v) is 16.2. The van der Waals surface area contributed by atoms with Gasteiger partial charge in [0, 0.05) is 0 Å². The van der Waals surface area contributed by atoms with Gasteiger partial charge in [-0.25, -0.2) is 0 Å². The van der Waals surface area contributed by atoms with Gasteiger partial charge < -0.3 is 0 Å². The summed E-state index contributed by atoms with van der Waals surface area (Å²) in [6.07, 6.45) is 0. The molecule has 0 heterocycles. The third kappa shape index (κ3) is 50.9. The van der Waals surface area contributed by atoms with Crippen LogP contribution >= 0.6 is 0 Å². The first-order chi connectivity index (χ1) is 24.4. The SMILES string of the molecule is BB=BB=BB=BB=BB=BB=BB=BB=BB=BB=BB=BB=BB=BB=BB=BB=BB=BB=BB=BB=BB=BB=BB=BOC. The van der Waals surface area contributed by atoms with Gasteiger partial charge in [0.25, 0.3) is 0 Å². The summed E-state index contributed by atoms with van der Waals surface area (Å²) < 4.78 is 4.81. The standard InChI is InChI=1S/CH5B47O/c1-49-48-47-46-45-44-43-42-41-40-39-38-37-36-35-34-33-32-31-30-29-28-27-26-25-24-23-22-21-20-19-18-17-16-15-14-13-12-11-10-9-8-7-6-5-4-3-2/h2H2,1H3. The van der Waals surface area contributed by atoms with Crippen LogP contribution in [-0.4, -0.2) is 323 Å². The van der Waals surface area contributed by atoms with Gasteiger partial charge in [-0.3, -0.25) is 0 Å². The number of hydrogen-bond donors (Lipinski definition) is 0. The van der Waals surface area contributed by atoms with Gasteiger partial charge in [0.15, 0.2) is 0 Å². The Hall–Kier alpha value is 2.85. The second kappa shape index (κ2) is 50.9. The fraction of sp³-hybridized carbons (Fsp3) is 1.00. The molecule has 0 aliphatic carbocycles. The minimum absolute atomic E-state index is 1.62. The van der Waals surface area contributed by atoms with Crippen LogP contribution in [0.15, 0.2) is 0 Å². The van der Waals surface area contributed by atoms with Crippen molar-refractivity contribution in [2.24, 2.45) is 0 Å². The summed E-state index contributed by atoms with van der Waals surface area (Å²) in [6.45, 7) is 89.4. The Balaban J connectivity index is 4.05. The molecule has 0 saturated carbocycles. The first kappa shape index (κ1) is 51.9. The van der Waals surface area contributed by atoms with E-state index in [4.69, 9.17) is 4.65 Å². The van der Waals surface area contributed by atoms with E-state index in [1.165, 1.54) is 0 Å². The second-order valence-corrected chi connectivity index (χ2v) is 9.17. The van der Waals surface area contributed by atoms with E-state index in [-0.39, 0.29) is 0 Å². The van der Waals surface area contributed by atoms with Crippen LogP contribution < -0.4 is 0 Å². The molecule has 0 radical (unpaired) electrons. The van der Waals surface area contributed by atoms with Crippen molar-refractivity contribution in [2.45, 2.75) is 0 Å². The zero-order valence-corrected chi connectivity index (χ0v) is 29.0. The second-order valence-electron chi connectivity index (χ2n) is 9.17. The van der Waals surface area contributed by atoms with E-state index in [1.807, 2.05) is 309 Å². The van der Waals surface area contributed by atoms with Crippen LogP contribution in [0.2, 0.25) is 0 Å². The molecule has 48 heteroatoms. The predicted octanol–water partition coefficient (Wildman–Crippen LogP) is -18.3. The molecular formula is CH5B47O. The average molecular weight is 541 g/mol. The van der Waals surface area contributed by atoms with Gasteiger partial charge in [0.2, 0.25) is 0 Å². The van der Waals surface area contributed by atoms with Gasteiger partial charge >= 0.3 is 328 Å². The Morgan fingerprint density at radius 1 is 0.204 bits per heavy atom. The van der Waals surface area contributed by atoms with Crippen molar-refractivity contribution < 1.29 is 4.65 Å². The zero-order valence-electron chi connectivity index (χ0n) is 29.0. The Morgan fingerprint density at radius 3 is 0.449 bits per heavy atom. The van der Waals surface area contributed by atoms with Crippen molar-refractivity contribution in [3.05, 3.63) is 0 Å². The predicted molar refractivity (Wildman–Crippen MR) is 280 cm³/mol. The van der Waals surface area contributed by atoms with E-state index in [2.05, 4.69) is 0 Å². The van der Waals surface area contributed by atoms with Gasteiger partial charge in [-0.15, -0.1) is 0 Å². The summed E-state index contributed by atoms with van der Waals surface area (Å²) in [7, 11) is 5.25. The molecule has 0 atom stereocenters. The molecular weight excluding hydrogens is 536 g/mol. The third-order valence-corrected chi connectivity index (χ3v) is 5.18. The van der Waals surface area contributed by atoms with E-state index in [9.17, 15) is 0 Å². The van der Waals surface area contributed by atoms with Crippen molar-refractivity contribution in [1.29, 1.82) is 0 Å². The summed E-state index contributed by atoms with van der Waals surface area (Å²) in [5.41, 5.74) is 0. The molecule has 0 unspecified atom stereocenters. The Kier molecular flexibility index (Phi) is 53.8. The first-order valence-electron chi connectivity index (χ1n) is 16.2. The summed E-state index contributed by atoms with van der Waals surface area (Å²) in [5.74, 6) is 0. The van der Waals surface area contributed by atoms with E-state index in [1.54, 1.807) is 14.1 Å². The van der Waals surface area contributed by atoms with Crippen LogP contribution in [0.5, 0.6) is 0 Å². The number of hydrogen-bond acceptors (Lipinski definition) is 1. The quantitative estimate of drug-likeness (QED) is 0.117. The van der Waals surface area contributed by atoms with Gasteiger partial charge in [-0.2, -0.15) is 0 Å². The van der Waals surface area contributed by atoms with Crippen LogP contribution in [0, 0.1) is 0 Å². The average Bonchev–Trinajstić information content (AvgIpc) is 3.11. The van der Waals surface area contributed by atoms with Gasteiger partial charge in [-0.1, -0.05) is 0 Å². The third-order valence-electron chi connectivity index (χ3n) is 5.18. The summed E-state index contributed by atoms with van der Waals surface area (Å²) in [4.78, 5) is 0. The van der Waals surface area contributed by atoms with Gasteiger partial charge in [0.1, 0.15) is 0 Å². The minimum atomic E-state index is 1.62. The van der Waals surface area contributed by atoms with E-state index in [0.29, 0.717) is 0 Å². The monoisotopic (exact) mass is 550 g/mol. The maximum absolute atomic E-state index is 4.81. The van der Waals surface area contributed by atoms with Crippen molar-refractivity contribution in [3.63, 3.8) is 0 Å². The van der Waals surface area contributed by atoms with Crippen LogP contribution in [0.3, 0.4) is 0 Å². The summed E-state index contributed by atoms with van der Waals surface area (Å²) in [5, 5.41) is 0. The molecule has 0 rings (SSSR count). The van der Waals surface area contributed by atoms with Crippen molar-refractivity contribution in [3.8, 4) is 0 Å². The van der Waals surface area contributed by atoms with Crippen LogP contribution in [0.1, 0.15) is 0 Å². The molecule has 0 aliphatic rings. The van der Waals surface area contributed by atoms with E-state index < -0.39 is 0 Å². The molecule has 0 spiro atoms. The van der Waals surface area contributed by atoms with Crippen molar-refractivity contribution >= 4 is 316 Å². The molecule has 0 aromatic heterocycles. The Bertz CT molecular complexity index is 1510. The van der Waals surface area contributed by atoms with Crippen LogP contribution in [-0.2, 0) is 4.65 Å². The van der Waals surface area contributed by atoms with Gasteiger partial charge in [0.05, 0.1) is 0 Å². The summed E-state index contributed by atoms with van der Waals surface area (Å²) >= 11 is 0. The van der Waals surface area contributed by atoms with E-state index in [0.717, 1.165) is 0 Å². The zero-order chi connectivity index (χ0) is 35.2. The normalized spacial score (nSPS) is 7.78. The van der Waals surface area contributed by atoms with Crippen LogP contribution in [0.4, 0.5) is 0 Å². The van der Waals surface area contributed by atoms with Crippen LogP contribution in [0.25, 0.3) is 0 Å². The van der Waals surface area contributed by atoms with Crippen molar-refractivity contribution in [2.75, 3.05) is 7.11 Å². The molecule has 0 saturated heterocycles. The maximum atomic E-state index is 4.81. The molecule has 0 aromatic rings. The summed E-state index contributed by atoms with van der Waals surface area (Å²) in [6, 6.07) is 0.